The average molecular weight is 1050 g/mol. The van der Waals surface area contributed by atoms with E-state index in [0.717, 1.165) is 56.9 Å². The highest BCUT2D eigenvalue weighted by Crippen LogP contribution is 2.36. The molecule has 5 aromatic rings. The van der Waals surface area contributed by atoms with Crippen LogP contribution in [0.4, 0.5) is 10.3 Å². The summed E-state index contributed by atoms with van der Waals surface area (Å²) in [6.07, 6.45) is 4.05. The van der Waals surface area contributed by atoms with Crippen LogP contribution in [0.1, 0.15) is 89.7 Å². The Labute approximate surface area is 436 Å². The lowest BCUT2D eigenvalue weighted by molar-refractivity contribution is -0.123. The lowest BCUT2D eigenvalue weighted by Gasteiger charge is -2.31. The van der Waals surface area contributed by atoms with Crippen LogP contribution in [0.2, 0.25) is 0 Å². The van der Waals surface area contributed by atoms with Crippen molar-refractivity contribution in [1.82, 2.24) is 36.1 Å². The number of aromatic carboxylic acids is 1. The molecule has 1 saturated heterocycles. The summed E-state index contributed by atoms with van der Waals surface area (Å²) in [5.41, 5.74) is 4.06. The van der Waals surface area contributed by atoms with Crippen molar-refractivity contribution >= 4 is 78.7 Å². The van der Waals surface area contributed by atoms with Gasteiger partial charge in [0.05, 0.1) is 67.0 Å². The summed E-state index contributed by atoms with van der Waals surface area (Å²) in [7, 11) is 0. The molecule has 3 aliphatic rings. The monoisotopic (exact) mass is 1050 g/mol. The van der Waals surface area contributed by atoms with Gasteiger partial charge in [0.1, 0.15) is 5.75 Å². The predicted octanol–water partition coefficient (Wildman–Crippen LogP) is 4.79. The number of imide groups is 1. The second-order valence-corrected chi connectivity index (χ2v) is 19.8. The number of aryl methyl sites for hydroxylation is 1. The number of anilines is 2. The van der Waals surface area contributed by atoms with Gasteiger partial charge >= 0.3 is 5.97 Å². The third-order valence-corrected chi connectivity index (χ3v) is 14.7. The molecule has 0 spiro atoms. The Morgan fingerprint density at radius 1 is 0.797 bits per heavy atom. The van der Waals surface area contributed by atoms with Crippen LogP contribution in [0.25, 0.3) is 10.2 Å². The topological polar surface area (TPSA) is 252 Å². The molecule has 3 aliphatic heterocycles. The number of nitrogens with one attached hydrogen (secondary N) is 5. The number of carboxylic acid groups (broad SMARTS) is 1. The Bertz CT molecular complexity index is 2800. The molecule has 392 valence electrons. The maximum absolute atomic E-state index is 13.5. The average Bonchev–Trinajstić information content (AvgIpc) is 4.09. The van der Waals surface area contributed by atoms with E-state index in [0.29, 0.717) is 113 Å². The maximum Gasteiger partial charge on any atom is 0.355 e. The first kappa shape index (κ1) is 53.6. The van der Waals surface area contributed by atoms with Crippen molar-refractivity contribution in [2.45, 2.75) is 57.5 Å². The number of hydrogen-bond donors (Lipinski definition) is 6. The van der Waals surface area contributed by atoms with E-state index in [9.17, 15) is 33.9 Å². The minimum Gasteiger partial charge on any atom is -0.483 e. The molecule has 22 heteroatoms. The van der Waals surface area contributed by atoms with E-state index < -0.39 is 23.8 Å². The molecule has 0 bridgehead atoms. The Balaban J connectivity index is 0.609. The number of para-hydroxylation sites is 1. The summed E-state index contributed by atoms with van der Waals surface area (Å²) in [5, 5.41) is 26.2. The van der Waals surface area contributed by atoms with Crippen molar-refractivity contribution in [2.75, 3.05) is 95.7 Å². The Morgan fingerprint density at radius 2 is 1.53 bits per heavy atom. The minimum absolute atomic E-state index is 0.0763. The molecular weight excluding hydrogens is 991 g/mol. The molecule has 0 radical (unpaired) electrons. The van der Waals surface area contributed by atoms with Gasteiger partial charge in [-0.15, -0.1) is 11.3 Å². The number of amides is 5. The van der Waals surface area contributed by atoms with Crippen molar-refractivity contribution in [2.24, 2.45) is 0 Å². The smallest absolute Gasteiger partial charge is 0.355 e. The number of aromatic nitrogens is 2. The first-order valence-corrected chi connectivity index (χ1v) is 26.5. The highest BCUT2D eigenvalue weighted by atomic mass is 32.1. The van der Waals surface area contributed by atoms with Gasteiger partial charge in [0.2, 0.25) is 5.91 Å². The number of rotatable bonds is 29. The maximum atomic E-state index is 13.5. The van der Waals surface area contributed by atoms with Gasteiger partial charge in [0.15, 0.2) is 22.6 Å². The summed E-state index contributed by atoms with van der Waals surface area (Å²) in [6, 6.07) is 17.5. The molecule has 6 N–H and O–H groups in total. The number of thiazole rings is 2. The highest BCUT2D eigenvalue weighted by molar-refractivity contribution is 7.22. The molecular formula is C52H61N9O11S2. The Kier molecular flexibility index (Phi) is 19.2. The van der Waals surface area contributed by atoms with Gasteiger partial charge in [0, 0.05) is 55.3 Å². The largest absolute Gasteiger partial charge is 0.483 e. The first-order chi connectivity index (χ1) is 36.0. The van der Waals surface area contributed by atoms with Gasteiger partial charge in [-0.1, -0.05) is 48.2 Å². The molecule has 2 aromatic heterocycles. The predicted molar refractivity (Wildman–Crippen MR) is 279 cm³/mol. The van der Waals surface area contributed by atoms with Crippen LogP contribution < -0.4 is 36.2 Å². The lowest BCUT2D eigenvalue weighted by Crippen LogP contribution is -2.48. The normalized spacial score (nSPS) is 15.3. The van der Waals surface area contributed by atoms with Crippen LogP contribution >= 0.6 is 22.7 Å². The third-order valence-electron chi connectivity index (χ3n) is 12.6. The molecule has 3 aromatic carbocycles. The molecule has 0 aliphatic carbocycles. The number of unbranched alkanes of at least 4 members (excludes halogenated alkanes) is 1. The van der Waals surface area contributed by atoms with E-state index in [-0.39, 0.29) is 59.7 Å². The molecule has 1 atom stereocenters. The number of carbonyl (C=O) groups is 6. The molecule has 1 unspecified atom stereocenters. The van der Waals surface area contributed by atoms with Gasteiger partial charge in [-0.25, -0.2) is 14.8 Å². The second-order valence-electron chi connectivity index (χ2n) is 17.7. The van der Waals surface area contributed by atoms with Crippen LogP contribution in [0, 0.1) is 0 Å². The zero-order valence-corrected chi connectivity index (χ0v) is 42.7. The molecule has 5 amide bonds. The molecule has 8 rings (SSSR count). The number of hydrogen-bond acceptors (Lipinski definition) is 17. The van der Waals surface area contributed by atoms with E-state index in [1.807, 2.05) is 42.5 Å². The van der Waals surface area contributed by atoms with Crippen molar-refractivity contribution in [3.8, 4) is 5.75 Å². The van der Waals surface area contributed by atoms with E-state index in [1.54, 1.807) is 18.2 Å². The van der Waals surface area contributed by atoms with Crippen LogP contribution in [-0.2, 0) is 43.2 Å². The van der Waals surface area contributed by atoms with Crippen LogP contribution in [0.15, 0.2) is 72.9 Å². The van der Waals surface area contributed by atoms with Gasteiger partial charge in [-0.2, -0.15) is 0 Å². The molecule has 0 saturated carbocycles. The quantitative estimate of drug-likeness (QED) is 0.0278. The van der Waals surface area contributed by atoms with Gasteiger partial charge in [0.25, 0.3) is 23.6 Å². The number of benzene rings is 3. The molecule has 20 nitrogen and oxygen atoms in total. The number of piperidine rings is 1. The van der Waals surface area contributed by atoms with Crippen molar-refractivity contribution in [3.05, 3.63) is 111 Å². The van der Waals surface area contributed by atoms with Gasteiger partial charge in [-0.05, 0) is 93.1 Å². The van der Waals surface area contributed by atoms with Gasteiger partial charge in [-0.3, -0.25) is 34.2 Å². The first-order valence-electron chi connectivity index (χ1n) is 24.8. The Morgan fingerprint density at radius 3 is 2.28 bits per heavy atom. The van der Waals surface area contributed by atoms with Crippen LogP contribution in [-0.4, -0.2) is 147 Å². The third kappa shape index (κ3) is 13.9. The fourth-order valence-corrected chi connectivity index (χ4v) is 10.8. The fourth-order valence-electron chi connectivity index (χ4n) is 8.84. The van der Waals surface area contributed by atoms with E-state index >= 15 is 0 Å². The van der Waals surface area contributed by atoms with Crippen molar-refractivity contribution in [3.63, 3.8) is 0 Å². The summed E-state index contributed by atoms with van der Waals surface area (Å²) >= 11 is 2.83. The summed E-state index contributed by atoms with van der Waals surface area (Å²) < 4.78 is 23.6. The van der Waals surface area contributed by atoms with E-state index in [1.165, 1.54) is 22.7 Å². The zero-order chi connectivity index (χ0) is 51.8. The van der Waals surface area contributed by atoms with Crippen LogP contribution in [0.3, 0.4) is 0 Å². The number of ether oxygens (including phenoxy) is 4. The number of carboxylic acids is 1. The second kappa shape index (κ2) is 26.5. The van der Waals surface area contributed by atoms with E-state index in [2.05, 4.69) is 48.0 Å². The molecule has 1 fully saturated rings. The summed E-state index contributed by atoms with van der Waals surface area (Å²) in [6.45, 7) is 10.7. The number of carbonyl (C=O) groups excluding carboxylic acids is 5. The molecule has 5 heterocycles. The van der Waals surface area contributed by atoms with Crippen molar-refractivity contribution < 1.29 is 52.8 Å². The fraction of sp³-hybridized carbons (Fsp3) is 0.423. The highest BCUT2D eigenvalue weighted by Gasteiger charge is 2.44. The van der Waals surface area contributed by atoms with Gasteiger partial charge < -0.3 is 50.2 Å². The minimum atomic E-state index is -1.05. The standard InChI is InChI=1S/C52H61N9O11S2/c1-33-39(16-17-43(62)56-33)61-48(65)36-11-7-13-40(45(36)49(61)66)72-32-44(63)55-21-5-4-19-53-22-25-69-27-29-71-30-28-70-26-23-54-20-8-15-42-46(50(67)68)58-52(74-42)60-24-18-34-9-6-10-35(37(34)31-60)47(64)59-51-57-38-12-2-3-14-41(38)73-51/h2-3,6-7,9-14,39,53-54H,1,4-5,8,15-32H2,(H,55,63)(H,56,62)(H,67,68)(H,57,59,64). The number of fused-ring (bicyclic) bond motifs is 3. The summed E-state index contributed by atoms with van der Waals surface area (Å²) in [4.78, 5) is 89.4. The zero-order valence-electron chi connectivity index (χ0n) is 41.0. The molecule has 74 heavy (non-hydrogen) atoms. The van der Waals surface area contributed by atoms with Crippen molar-refractivity contribution in [1.29, 1.82) is 0 Å². The summed E-state index contributed by atoms with van der Waals surface area (Å²) in [5.74, 6) is -2.72. The van der Waals surface area contributed by atoms with E-state index in [4.69, 9.17) is 18.9 Å². The Hall–Kier alpha value is -6.66. The number of nitrogens with zero attached hydrogens (tertiary/aromatic N) is 4. The SMILES string of the molecule is C=C1NC(=O)CCC1N1C(=O)c2cccc(OCC(=O)NCCCCNCCOCCOCCOCCNCCCc3sc(N4CCc5cccc(C(=O)Nc6nc7ccccc7s6)c5C4)nc3C(=O)O)c2C1=O. The lowest BCUT2D eigenvalue weighted by atomic mass is 9.94. The van der Waals surface area contributed by atoms with Crippen LogP contribution in [0.5, 0.6) is 5.75 Å².